The average Bonchev–Trinajstić information content (AvgIpc) is 3.28. The van der Waals surface area contributed by atoms with Gasteiger partial charge in [-0.2, -0.15) is 0 Å². The van der Waals surface area contributed by atoms with Crippen LogP contribution in [0.1, 0.15) is 55.8 Å². The van der Waals surface area contributed by atoms with Gasteiger partial charge in [0, 0.05) is 6.54 Å². The van der Waals surface area contributed by atoms with Crippen molar-refractivity contribution in [3.63, 3.8) is 0 Å². The number of carbonyl (C=O) groups excluding carboxylic acids is 1. The first kappa shape index (κ1) is 18.9. The molecule has 2 aromatic carbocycles. The predicted molar refractivity (Wildman–Crippen MR) is 114 cm³/mol. The molecule has 4 rings (SSSR count). The van der Waals surface area contributed by atoms with Crippen molar-refractivity contribution in [3.8, 4) is 0 Å². The van der Waals surface area contributed by atoms with Gasteiger partial charge in [0.1, 0.15) is 10.6 Å². The van der Waals surface area contributed by atoms with Crippen LogP contribution in [0.2, 0.25) is 0 Å². The normalized spacial score (nSPS) is 17.2. The minimum absolute atomic E-state index is 0.0109. The SMILES string of the molecule is CC(C)(C)OC(=O)N1CCCC1c1nc2c(Cc3ccccc3)cccc2s1. The Balaban J connectivity index is 1.62. The molecule has 2 heterocycles. The van der Waals surface area contributed by atoms with Gasteiger partial charge in [0.05, 0.1) is 16.3 Å². The third kappa shape index (κ3) is 4.04. The van der Waals surface area contributed by atoms with E-state index in [9.17, 15) is 4.79 Å². The van der Waals surface area contributed by atoms with Gasteiger partial charge in [0.25, 0.3) is 0 Å². The van der Waals surface area contributed by atoms with Crippen molar-refractivity contribution in [2.24, 2.45) is 0 Å². The van der Waals surface area contributed by atoms with Crippen LogP contribution >= 0.6 is 11.3 Å². The number of aromatic nitrogens is 1. The monoisotopic (exact) mass is 394 g/mol. The zero-order valence-corrected chi connectivity index (χ0v) is 17.5. The molecule has 146 valence electrons. The van der Waals surface area contributed by atoms with Gasteiger partial charge in [-0.3, -0.25) is 4.90 Å². The molecule has 0 aliphatic carbocycles. The van der Waals surface area contributed by atoms with Gasteiger partial charge in [0.2, 0.25) is 0 Å². The van der Waals surface area contributed by atoms with Gasteiger partial charge in [0.15, 0.2) is 0 Å². The number of carbonyl (C=O) groups is 1. The minimum atomic E-state index is -0.485. The Morgan fingerprint density at radius 2 is 1.96 bits per heavy atom. The van der Waals surface area contributed by atoms with Crippen LogP contribution in [0.5, 0.6) is 0 Å². The molecule has 1 aliphatic rings. The van der Waals surface area contributed by atoms with Crippen molar-refractivity contribution < 1.29 is 9.53 Å². The Morgan fingerprint density at radius 3 is 2.71 bits per heavy atom. The number of rotatable bonds is 3. The van der Waals surface area contributed by atoms with Crippen molar-refractivity contribution in [3.05, 3.63) is 64.7 Å². The molecular weight excluding hydrogens is 368 g/mol. The third-order valence-electron chi connectivity index (χ3n) is 4.92. The number of hydrogen-bond acceptors (Lipinski definition) is 4. The van der Waals surface area contributed by atoms with Crippen LogP contribution < -0.4 is 0 Å². The van der Waals surface area contributed by atoms with E-state index >= 15 is 0 Å². The summed E-state index contributed by atoms with van der Waals surface area (Å²) in [6.45, 7) is 6.45. The van der Waals surface area contributed by atoms with Crippen LogP contribution in [0.15, 0.2) is 48.5 Å². The zero-order valence-electron chi connectivity index (χ0n) is 16.6. The molecular formula is C23H26N2O2S. The van der Waals surface area contributed by atoms with Crippen molar-refractivity contribution in [2.45, 2.75) is 51.7 Å². The lowest BCUT2D eigenvalue weighted by atomic mass is 10.0. The van der Waals surface area contributed by atoms with Gasteiger partial charge in [-0.15, -0.1) is 11.3 Å². The maximum absolute atomic E-state index is 12.6. The Bertz CT molecular complexity index is 975. The van der Waals surface area contributed by atoms with Gasteiger partial charge in [-0.1, -0.05) is 42.5 Å². The van der Waals surface area contributed by atoms with Gasteiger partial charge >= 0.3 is 6.09 Å². The van der Waals surface area contributed by atoms with Crippen LogP contribution in [0.4, 0.5) is 4.79 Å². The van der Waals surface area contributed by atoms with Crippen molar-refractivity contribution in [2.75, 3.05) is 6.54 Å². The quantitative estimate of drug-likeness (QED) is 0.550. The summed E-state index contributed by atoms with van der Waals surface area (Å²) in [7, 11) is 0. The summed E-state index contributed by atoms with van der Waals surface area (Å²) in [5.74, 6) is 0. The smallest absolute Gasteiger partial charge is 0.410 e. The molecule has 3 aromatic rings. The van der Waals surface area contributed by atoms with Gasteiger partial charge in [-0.05, 0) is 57.2 Å². The lowest BCUT2D eigenvalue weighted by Gasteiger charge is -2.27. The zero-order chi connectivity index (χ0) is 19.7. The summed E-state index contributed by atoms with van der Waals surface area (Å²) in [4.78, 5) is 19.5. The Labute approximate surface area is 170 Å². The summed E-state index contributed by atoms with van der Waals surface area (Å²) in [6, 6.07) is 16.9. The summed E-state index contributed by atoms with van der Waals surface area (Å²) in [6.07, 6.45) is 2.55. The molecule has 1 saturated heterocycles. The number of fused-ring (bicyclic) bond motifs is 1. The number of nitrogens with zero attached hydrogens (tertiary/aromatic N) is 2. The lowest BCUT2D eigenvalue weighted by Crippen LogP contribution is -2.36. The second-order valence-electron chi connectivity index (χ2n) is 8.31. The molecule has 0 N–H and O–H groups in total. The molecule has 0 radical (unpaired) electrons. The van der Waals surface area contributed by atoms with E-state index in [1.807, 2.05) is 31.7 Å². The van der Waals surface area contributed by atoms with E-state index in [1.54, 1.807) is 11.3 Å². The van der Waals surface area contributed by atoms with Gasteiger partial charge < -0.3 is 4.74 Å². The van der Waals surface area contributed by atoms with Crippen molar-refractivity contribution in [1.82, 2.24) is 9.88 Å². The van der Waals surface area contributed by atoms with Crippen LogP contribution in [0.3, 0.4) is 0 Å². The second kappa shape index (κ2) is 7.55. The fourth-order valence-electron chi connectivity index (χ4n) is 3.69. The molecule has 1 amide bonds. The number of benzene rings is 2. The molecule has 1 unspecified atom stereocenters. The van der Waals surface area contributed by atoms with Crippen molar-refractivity contribution in [1.29, 1.82) is 0 Å². The topological polar surface area (TPSA) is 42.4 Å². The molecule has 0 bridgehead atoms. The molecule has 5 heteroatoms. The van der Waals surface area contributed by atoms with E-state index in [4.69, 9.17) is 9.72 Å². The second-order valence-corrected chi connectivity index (χ2v) is 9.37. The van der Waals surface area contributed by atoms with E-state index in [0.717, 1.165) is 36.3 Å². The third-order valence-corrected chi connectivity index (χ3v) is 6.04. The number of amides is 1. The highest BCUT2D eigenvalue weighted by Gasteiger charge is 2.35. The number of thiazole rings is 1. The highest BCUT2D eigenvalue weighted by molar-refractivity contribution is 7.18. The molecule has 0 spiro atoms. The van der Waals surface area contributed by atoms with Crippen LogP contribution in [0, 0.1) is 0 Å². The first-order chi connectivity index (χ1) is 13.4. The van der Waals surface area contributed by atoms with Gasteiger partial charge in [-0.25, -0.2) is 9.78 Å². The van der Waals surface area contributed by atoms with E-state index in [1.165, 1.54) is 15.8 Å². The number of likely N-dealkylation sites (tertiary alicyclic amines) is 1. The Morgan fingerprint density at radius 1 is 1.18 bits per heavy atom. The Hall–Kier alpha value is -2.40. The van der Waals surface area contributed by atoms with E-state index in [2.05, 4.69) is 42.5 Å². The number of hydrogen-bond donors (Lipinski definition) is 0. The molecule has 28 heavy (non-hydrogen) atoms. The first-order valence-corrected chi connectivity index (χ1v) is 10.6. The number of para-hydroxylation sites is 1. The maximum Gasteiger partial charge on any atom is 0.410 e. The number of ether oxygens (including phenoxy) is 1. The fourth-order valence-corrected chi connectivity index (χ4v) is 4.85. The highest BCUT2D eigenvalue weighted by atomic mass is 32.1. The Kier molecular flexibility index (Phi) is 5.11. The van der Waals surface area contributed by atoms with Crippen LogP contribution in [-0.2, 0) is 11.2 Å². The standard InChI is InChI=1S/C23H26N2O2S/c1-23(2,3)27-22(26)25-14-8-12-18(25)21-24-20-17(11-7-13-19(20)28-21)15-16-9-5-4-6-10-16/h4-7,9-11,13,18H,8,12,14-15H2,1-3H3. The molecule has 1 fully saturated rings. The molecule has 4 nitrogen and oxygen atoms in total. The van der Waals surface area contributed by atoms with Crippen molar-refractivity contribution >= 4 is 27.6 Å². The first-order valence-electron chi connectivity index (χ1n) is 9.82. The maximum atomic E-state index is 12.6. The lowest BCUT2D eigenvalue weighted by molar-refractivity contribution is 0.0224. The molecule has 0 saturated carbocycles. The molecule has 1 aliphatic heterocycles. The summed E-state index contributed by atoms with van der Waals surface area (Å²) < 4.78 is 6.79. The minimum Gasteiger partial charge on any atom is -0.444 e. The molecule has 1 aromatic heterocycles. The summed E-state index contributed by atoms with van der Waals surface area (Å²) >= 11 is 1.70. The molecule has 1 atom stereocenters. The largest absolute Gasteiger partial charge is 0.444 e. The highest BCUT2D eigenvalue weighted by Crippen LogP contribution is 2.38. The summed E-state index contributed by atoms with van der Waals surface area (Å²) in [5, 5.41) is 1.01. The van der Waals surface area contributed by atoms with E-state index in [0.29, 0.717) is 0 Å². The fraction of sp³-hybridized carbons (Fsp3) is 0.391. The van der Waals surface area contributed by atoms with E-state index < -0.39 is 5.60 Å². The van der Waals surface area contributed by atoms with E-state index in [-0.39, 0.29) is 12.1 Å². The summed E-state index contributed by atoms with van der Waals surface area (Å²) in [5.41, 5.74) is 3.08. The average molecular weight is 395 g/mol. The predicted octanol–water partition coefficient (Wildman–Crippen LogP) is 5.96. The van der Waals surface area contributed by atoms with Crippen LogP contribution in [0.25, 0.3) is 10.2 Å². The van der Waals surface area contributed by atoms with Crippen LogP contribution in [-0.4, -0.2) is 28.1 Å².